The zero-order valence-electron chi connectivity index (χ0n) is 14.9. The zero-order chi connectivity index (χ0) is 18.7. The number of nitrogens with zero attached hydrogens (tertiary/aromatic N) is 3. The first-order chi connectivity index (χ1) is 12.5. The Hall–Kier alpha value is -2.13. The van der Waals surface area contributed by atoms with E-state index in [9.17, 15) is 9.59 Å². The Labute approximate surface area is 158 Å². The summed E-state index contributed by atoms with van der Waals surface area (Å²) in [5, 5.41) is 7.56. The van der Waals surface area contributed by atoms with E-state index in [4.69, 9.17) is 4.52 Å². The van der Waals surface area contributed by atoms with Gasteiger partial charge in [-0.2, -0.15) is 0 Å². The van der Waals surface area contributed by atoms with Crippen LogP contribution < -0.4 is 10.9 Å². The van der Waals surface area contributed by atoms with Gasteiger partial charge in [0, 0.05) is 17.5 Å². The third-order valence-electron chi connectivity index (χ3n) is 4.03. The van der Waals surface area contributed by atoms with Crippen LogP contribution in [0.1, 0.15) is 30.2 Å². The maximum absolute atomic E-state index is 13.0. The second-order valence-corrected chi connectivity index (χ2v) is 8.04. The van der Waals surface area contributed by atoms with E-state index in [2.05, 4.69) is 22.4 Å². The van der Waals surface area contributed by atoms with Crippen molar-refractivity contribution in [3.05, 3.63) is 33.1 Å². The predicted molar refractivity (Wildman–Crippen MR) is 104 cm³/mol. The minimum atomic E-state index is -0.223. The Kier molecular flexibility index (Phi) is 5.77. The first-order valence-corrected chi connectivity index (χ1v) is 10.1. The number of carbonyl (C=O) groups excluding carboxylic acids is 1. The summed E-state index contributed by atoms with van der Waals surface area (Å²) in [7, 11) is 0. The maximum Gasteiger partial charge on any atom is 0.263 e. The summed E-state index contributed by atoms with van der Waals surface area (Å²) in [4.78, 5) is 31.6. The molecule has 0 unspecified atom stereocenters. The molecule has 0 bridgehead atoms. The van der Waals surface area contributed by atoms with E-state index in [1.807, 2.05) is 13.8 Å². The summed E-state index contributed by atoms with van der Waals surface area (Å²) >= 11 is 2.78. The highest BCUT2D eigenvalue weighted by molar-refractivity contribution is 7.99. The Morgan fingerprint density at radius 3 is 2.92 bits per heavy atom. The Morgan fingerprint density at radius 1 is 1.42 bits per heavy atom. The van der Waals surface area contributed by atoms with Gasteiger partial charge in [0.25, 0.3) is 5.56 Å². The molecule has 0 spiro atoms. The molecule has 0 atom stereocenters. The number of anilines is 1. The average molecular weight is 393 g/mol. The van der Waals surface area contributed by atoms with Crippen LogP contribution in [0.5, 0.6) is 0 Å². The van der Waals surface area contributed by atoms with Gasteiger partial charge in [0.2, 0.25) is 5.91 Å². The molecule has 0 aliphatic rings. The number of aryl methyl sites for hydroxylation is 2. The van der Waals surface area contributed by atoms with Crippen molar-refractivity contribution in [1.29, 1.82) is 0 Å². The number of carbonyl (C=O) groups is 1. The molecular weight excluding hydrogens is 372 g/mol. The number of nitrogens with one attached hydrogen (secondary N) is 1. The molecule has 0 aromatic carbocycles. The summed E-state index contributed by atoms with van der Waals surface area (Å²) in [6.45, 7) is 6.63. The molecule has 138 valence electrons. The maximum atomic E-state index is 13.0. The van der Waals surface area contributed by atoms with E-state index in [1.54, 1.807) is 10.6 Å². The summed E-state index contributed by atoms with van der Waals surface area (Å²) < 4.78 is 6.38. The van der Waals surface area contributed by atoms with Crippen molar-refractivity contribution in [1.82, 2.24) is 14.7 Å². The molecule has 3 heterocycles. The number of amides is 1. The highest BCUT2D eigenvalue weighted by Gasteiger charge is 2.17. The fourth-order valence-corrected chi connectivity index (χ4v) is 4.41. The van der Waals surface area contributed by atoms with Crippen LogP contribution in [-0.4, -0.2) is 26.4 Å². The van der Waals surface area contributed by atoms with E-state index < -0.39 is 0 Å². The molecule has 3 aromatic heterocycles. The highest BCUT2D eigenvalue weighted by Crippen LogP contribution is 2.28. The number of unbranched alkanes of at least 4 members (excludes halogenated alkanes) is 1. The third-order valence-corrected chi connectivity index (χ3v) is 6.10. The summed E-state index contributed by atoms with van der Waals surface area (Å²) in [5.41, 5.74) is 0.970. The normalized spacial score (nSPS) is 11.2. The van der Waals surface area contributed by atoms with Gasteiger partial charge in [-0.3, -0.25) is 14.2 Å². The predicted octanol–water partition coefficient (Wildman–Crippen LogP) is 3.59. The van der Waals surface area contributed by atoms with Gasteiger partial charge in [0.15, 0.2) is 11.0 Å². The first-order valence-electron chi connectivity index (χ1n) is 8.34. The molecule has 0 fully saturated rings. The van der Waals surface area contributed by atoms with Crippen LogP contribution in [0.25, 0.3) is 10.2 Å². The van der Waals surface area contributed by atoms with Crippen molar-refractivity contribution >= 4 is 45.0 Å². The van der Waals surface area contributed by atoms with Crippen LogP contribution in [-0.2, 0) is 11.3 Å². The fourth-order valence-electron chi connectivity index (χ4n) is 2.52. The van der Waals surface area contributed by atoms with Crippen LogP contribution in [0.4, 0.5) is 5.82 Å². The Bertz CT molecular complexity index is 976. The van der Waals surface area contributed by atoms with E-state index in [1.165, 1.54) is 29.4 Å². The topological polar surface area (TPSA) is 90.0 Å². The number of fused-ring (bicyclic) bond motifs is 1. The Morgan fingerprint density at radius 2 is 2.23 bits per heavy atom. The minimum Gasteiger partial charge on any atom is -0.363 e. The van der Waals surface area contributed by atoms with Crippen LogP contribution in [0.15, 0.2) is 26.8 Å². The van der Waals surface area contributed by atoms with E-state index in [0.717, 1.165) is 28.1 Å². The van der Waals surface area contributed by atoms with E-state index in [-0.39, 0.29) is 17.2 Å². The van der Waals surface area contributed by atoms with Crippen LogP contribution in [0.3, 0.4) is 0 Å². The van der Waals surface area contributed by atoms with Gasteiger partial charge in [0.1, 0.15) is 11.1 Å². The number of thiophene rings is 1. The van der Waals surface area contributed by atoms with Crippen molar-refractivity contribution < 1.29 is 9.32 Å². The number of aromatic nitrogens is 3. The zero-order valence-corrected chi connectivity index (χ0v) is 16.5. The van der Waals surface area contributed by atoms with Crippen LogP contribution in [0, 0.1) is 13.8 Å². The summed E-state index contributed by atoms with van der Waals surface area (Å²) in [6.07, 6.45) is 3.25. The van der Waals surface area contributed by atoms with Gasteiger partial charge in [-0.05, 0) is 25.8 Å². The van der Waals surface area contributed by atoms with E-state index >= 15 is 0 Å². The molecule has 1 N–H and O–H groups in total. The van der Waals surface area contributed by atoms with Crippen molar-refractivity contribution in [2.45, 2.75) is 45.3 Å². The lowest BCUT2D eigenvalue weighted by Gasteiger charge is -2.11. The molecule has 26 heavy (non-hydrogen) atoms. The number of hydrogen-bond donors (Lipinski definition) is 1. The second-order valence-electron chi connectivity index (χ2n) is 5.89. The average Bonchev–Trinajstić information content (AvgIpc) is 3.21. The molecule has 9 heteroatoms. The number of hydrogen-bond acceptors (Lipinski definition) is 7. The van der Waals surface area contributed by atoms with Gasteiger partial charge < -0.3 is 9.84 Å². The smallest absolute Gasteiger partial charge is 0.263 e. The quantitative estimate of drug-likeness (QED) is 0.488. The van der Waals surface area contributed by atoms with Gasteiger partial charge >= 0.3 is 0 Å². The third kappa shape index (κ3) is 3.83. The standard InChI is InChI=1S/C17H20N4O3S2/c1-4-5-7-21-16(23)14-10(2)11(3)26-15(14)19-17(21)25-9-13(22)18-12-6-8-24-20-12/h6,8H,4-5,7,9H2,1-3H3,(H,18,20,22). The molecule has 3 aromatic rings. The van der Waals surface area contributed by atoms with Gasteiger partial charge in [-0.1, -0.05) is 30.3 Å². The molecule has 0 aliphatic carbocycles. The molecule has 0 radical (unpaired) electrons. The number of thioether (sulfide) groups is 1. The number of rotatable bonds is 7. The molecule has 0 aliphatic heterocycles. The summed E-state index contributed by atoms with van der Waals surface area (Å²) in [5.74, 6) is 0.283. The first kappa shape index (κ1) is 18.7. The second kappa shape index (κ2) is 8.05. The van der Waals surface area contributed by atoms with E-state index in [0.29, 0.717) is 22.9 Å². The lowest BCUT2D eigenvalue weighted by atomic mass is 10.2. The van der Waals surface area contributed by atoms with Gasteiger partial charge in [-0.15, -0.1) is 11.3 Å². The molecule has 0 saturated carbocycles. The van der Waals surface area contributed by atoms with Gasteiger partial charge in [-0.25, -0.2) is 4.98 Å². The van der Waals surface area contributed by atoms with Crippen molar-refractivity contribution in [3.8, 4) is 0 Å². The molecule has 3 rings (SSSR count). The van der Waals surface area contributed by atoms with Crippen molar-refractivity contribution in [3.63, 3.8) is 0 Å². The minimum absolute atomic E-state index is 0.0234. The summed E-state index contributed by atoms with van der Waals surface area (Å²) in [6, 6.07) is 1.57. The van der Waals surface area contributed by atoms with Crippen LogP contribution in [0.2, 0.25) is 0 Å². The largest absolute Gasteiger partial charge is 0.363 e. The molecule has 7 nitrogen and oxygen atoms in total. The molecule has 1 amide bonds. The lowest BCUT2D eigenvalue weighted by Crippen LogP contribution is -2.24. The van der Waals surface area contributed by atoms with Crippen LogP contribution >= 0.6 is 23.1 Å². The fraction of sp³-hybridized carbons (Fsp3) is 0.412. The molecular formula is C17H20N4O3S2. The van der Waals surface area contributed by atoms with Gasteiger partial charge in [0.05, 0.1) is 11.1 Å². The van der Waals surface area contributed by atoms with Crippen molar-refractivity contribution in [2.75, 3.05) is 11.1 Å². The lowest BCUT2D eigenvalue weighted by molar-refractivity contribution is -0.113. The SMILES string of the molecule is CCCCn1c(SCC(=O)Nc2ccon2)nc2sc(C)c(C)c2c1=O. The molecule has 0 saturated heterocycles. The monoisotopic (exact) mass is 392 g/mol. The Balaban J connectivity index is 1.88. The highest BCUT2D eigenvalue weighted by atomic mass is 32.2. The van der Waals surface area contributed by atoms with Crippen molar-refractivity contribution in [2.24, 2.45) is 0 Å².